The summed E-state index contributed by atoms with van der Waals surface area (Å²) in [6.07, 6.45) is 8.39. The number of hydrogen-bond donors (Lipinski definition) is 1. The normalized spacial score (nSPS) is 29.5. The molecule has 5 heteroatoms. The number of fused-ring (bicyclic) bond motifs is 2. The molecule has 0 saturated carbocycles. The Labute approximate surface area is 112 Å². The van der Waals surface area contributed by atoms with Crippen LogP contribution >= 0.6 is 0 Å². The van der Waals surface area contributed by atoms with Gasteiger partial charge in [-0.05, 0) is 25.7 Å². The van der Waals surface area contributed by atoms with E-state index in [1.54, 1.807) is 0 Å². The summed E-state index contributed by atoms with van der Waals surface area (Å²) in [7, 11) is 0. The minimum absolute atomic E-state index is 0.0769. The second-order valence-corrected chi connectivity index (χ2v) is 5.43. The molecule has 0 aromatic carbocycles. The van der Waals surface area contributed by atoms with Crippen LogP contribution in [0.1, 0.15) is 48.3 Å². The Hall–Kier alpha value is -1.80. The molecule has 1 N–H and O–H groups in total. The molecule has 19 heavy (non-hydrogen) atoms. The van der Waals surface area contributed by atoms with Gasteiger partial charge in [0.2, 0.25) is 5.82 Å². The zero-order chi connectivity index (χ0) is 13.2. The van der Waals surface area contributed by atoms with Gasteiger partial charge in [0.15, 0.2) is 5.78 Å². The minimum atomic E-state index is 0.0769. The van der Waals surface area contributed by atoms with E-state index >= 15 is 0 Å². The van der Waals surface area contributed by atoms with E-state index in [0.29, 0.717) is 17.6 Å². The molecule has 2 unspecified atom stereocenters. The zero-order valence-electron chi connectivity index (χ0n) is 10.7. The smallest absolute Gasteiger partial charge is 0.232 e. The van der Waals surface area contributed by atoms with Crippen LogP contribution in [0, 0.1) is 17.2 Å². The topological polar surface area (TPSA) is 78.7 Å². The predicted octanol–water partition coefficient (Wildman–Crippen LogP) is 1.45. The lowest BCUT2D eigenvalue weighted by Gasteiger charge is -2.39. The van der Waals surface area contributed by atoms with E-state index in [4.69, 9.17) is 5.26 Å². The van der Waals surface area contributed by atoms with Crippen molar-refractivity contribution in [2.24, 2.45) is 5.92 Å². The first-order valence-electron chi connectivity index (χ1n) is 6.78. The van der Waals surface area contributed by atoms with Gasteiger partial charge in [-0.2, -0.15) is 5.26 Å². The standard InChI is InChI=1S/C14H16N4O/c15-6-13-16-7-10(8-17-13)14(19)9-4-11-2-1-3-12(5-9)18-11/h7-9,11-12,18H,1-5H2. The molecule has 2 aliphatic rings. The van der Waals surface area contributed by atoms with Gasteiger partial charge in [0.25, 0.3) is 0 Å². The Bertz CT molecular complexity index is 507. The van der Waals surface area contributed by atoms with Gasteiger partial charge in [-0.25, -0.2) is 9.97 Å². The van der Waals surface area contributed by atoms with Crippen molar-refractivity contribution in [3.8, 4) is 6.07 Å². The average Bonchev–Trinajstić information content (AvgIpc) is 2.46. The lowest BCUT2D eigenvalue weighted by molar-refractivity contribution is 0.0824. The fraction of sp³-hybridized carbons (Fsp3) is 0.571. The molecule has 0 aliphatic carbocycles. The van der Waals surface area contributed by atoms with E-state index in [-0.39, 0.29) is 17.5 Å². The first kappa shape index (κ1) is 12.2. The highest BCUT2D eigenvalue weighted by Gasteiger charge is 2.34. The first-order valence-corrected chi connectivity index (χ1v) is 6.78. The first-order chi connectivity index (χ1) is 9.26. The number of ketones is 1. The van der Waals surface area contributed by atoms with Gasteiger partial charge in [-0.15, -0.1) is 0 Å². The van der Waals surface area contributed by atoms with E-state index in [0.717, 1.165) is 12.8 Å². The monoisotopic (exact) mass is 256 g/mol. The highest BCUT2D eigenvalue weighted by molar-refractivity contribution is 5.97. The van der Waals surface area contributed by atoms with Gasteiger partial charge in [0.05, 0.1) is 5.56 Å². The van der Waals surface area contributed by atoms with Crippen molar-refractivity contribution in [2.45, 2.75) is 44.2 Å². The number of piperidine rings is 2. The highest BCUT2D eigenvalue weighted by atomic mass is 16.1. The molecular weight excluding hydrogens is 240 g/mol. The van der Waals surface area contributed by atoms with Crippen LogP contribution in [0.5, 0.6) is 0 Å². The molecule has 2 aliphatic heterocycles. The molecule has 98 valence electrons. The number of hydrogen-bond acceptors (Lipinski definition) is 5. The number of carbonyl (C=O) groups excluding carboxylic acids is 1. The van der Waals surface area contributed by atoms with Gasteiger partial charge in [-0.1, -0.05) is 6.42 Å². The van der Waals surface area contributed by atoms with Crippen molar-refractivity contribution >= 4 is 5.78 Å². The van der Waals surface area contributed by atoms with E-state index in [9.17, 15) is 4.79 Å². The van der Waals surface area contributed by atoms with Crippen molar-refractivity contribution in [1.82, 2.24) is 15.3 Å². The summed E-state index contributed by atoms with van der Waals surface area (Å²) in [6, 6.07) is 2.84. The fourth-order valence-electron chi connectivity index (χ4n) is 3.23. The molecule has 1 aromatic heterocycles. The van der Waals surface area contributed by atoms with Crippen LogP contribution in [0.15, 0.2) is 12.4 Å². The summed E-state index contributed by atoms with van der Waals surface area (Å²) in [5.41, 5.74) is 0.531. The summed E-state index contributed by atoms with van der Waals surface area (Å²) in [4.78, 5) is 20.2. The van der Waals surface area contributed by atoms with E-state index < -0.39 is 0 Å². The van der Waals surface area contributed by atoms with Crippen molar-refractivity contribution in [2.75, 3.05) is 0 Å². The number of nitriles is 1. The van der Waals surface area contributed by atoms with Crippen molar-refractivity contribution in [1.29, 1.82) is 5.26 Å². The van der Waals surface area contributed by atoms with E-state index in [1.165, 1.54) is 31.7 Å². The maximum atomic E-state index is 12.4. The summed E-state index contributed by atoms with van der Waals surface area (Å²) < 4.78 is 0. The SMILES string of the molecule is N#Cc1ncc(C(=O)C2CC3CCCC(C2)N3)cn1. The molecule has 2 atom stereocenters. The number of rotatable bonds is 2. The van der Waals surface area contributed by atoms with Crippen LogP contribution < -0.4 is 5.32 Å². The number of carbonyl (C=O) groups is 1. The second kappa shape index (κ2) is 5.06. The Morgan fingerprint density at radius 3 is 2.47 bits per heavy atom. The molecule has 0 radical (unpaired) electrons. The third-order valence-electron chi connectivity index (χ3n) is 4.12. The van der Waals surface area contributed by atoms with Crippen LogP contribution in [0.2, 0.25) is 0 Å². The molecule has 2 saturated heterocycles. The number of nitrogens with zero attached hydrogens (tertiary/aromatic N) is 3. The Morgan fingerprint density at radius 2 is 1.89 bits per heavy atom. The van der Waals surface area contributed by atoms with Gasteiger partial charge < -0.3 is 5.32 Å². The number of nitrogens with one attached hydrogen (secondary N) is 1. The molecule has 1 aromatic rings. The highest BCUT2D eigenvalue weighted by Crippen LogP contribution is 2.31. The molecule has 3 heterocycles. The lowest BCUT2D eigenvalue weighted by atomic mass is 9.77. The third-order valence-corrected chi connectivity index (χ3v) is 4.12. The van der Waals surface area contributed by atoms with Crippen LogP contribution in [-0.2, 0) is 0 Å². The fourth-order valence-corrected chi connectivity index (χ4v) is 3.23. The largest absolute Gasteiger partial charge is 0.311 e. The summed E-state index contributed by atoms with van der Waals surface area (Å²) in [5, 5.41) is 12.2. The van der Waals surface area contributed by atoms with Gasteiger partial charge in [-0.3, -0.25) is 4.79 Å². The summed E-state index contributed by atoms with van der Waals surface area (Å²) in [6.45, 7) is 0. The second-order valence-electron chi connectivity index (χ2n) is 5.43. The third kappa shape index (κ3) is 2.49. The molecule has 0 amide bonds. The number of aromatic nitrogens is 2. The Morgan fingerprint density at radius 1 is 1.26 bits per heavy atom. The van der Waals surface area contributed by atoms with Crippen molar-refractivity contribution in [3.05, 3.63) is 23.8 Å². The van der Waals surface area contributed by atoms with Crippen LogP contribution in [-0.4, -0.2) is 27.8 Å². The maximum Gasteiger partial charge on any atom is 0.232 e. The van der Waals surface area contributed by atoms with Crippen LogP contribution in [0.25, 0.3) is 0 Å². The summed E-state index contributed by atoms with van der Waals surface area (Å²) >= 11 is 0. The molecule has 2 fully saturated rings. The van der Waals surface area contributed by atoms with Crippen molar-refractivity contribution in [3.63, 3.8) is 0 Å². The average molecular weight is 256 g/mol. The van der Waals surface area contributed by atoms with E-state index in [1.807, 2.05) is 6.07 Å². The lowest BCUT2D eigenvalue weighted by Crippen LogP contribution is -2.50. The van der Waals surface area contributed by atoms with Crippen molar-refractivity contribution < 1.29 is 4.79 Å². The molecule has 0 spiro atoms. The Kier molecular flexibility index (Phi) is 3.26. The quantitative estimate of drug-likeness (QED) is 0.810. The zero-order valence-corrected chi connectivity index (χ0v) is 10.7. The van der Waals surface area contributed by atoms with Gasteiger partial charge in [0.1, 0.15) is 6.07 Å². The van der Waals surface area contributed by atoms with Gasteiger partial charge in [0, 0.05) is 30.4 Å². The molecule has 3 rings (SSSR count). The number of Topliss-reactive ketones (excluding diaryl/α,β-unsaturated/α-hetero) is 1. The maximum absolute atomic E-state index is 12.4. The van der Waals surface area contributed by atoms with E-state index in [2.05, 4.69) is 15.3 Å². The van der Waals surface area contributed by atoms with Crippen LogP contribution in [0.4, 0.5) is 0 Å². The van der Waals surface area contributed by atoms with Crippen LogP contribution in [0.3, 0.4) is 0 Å². The van der Waals surface area contributed by atoms with Gasteiger partial charge >= 0.3 is 0 Å². The summed E-state index contributed by atoms with van der Waals surface area (Å²) in [5.74, 6) is 0.315. The molecular formula is C14H16N4O. The molecule has 2 bridgehead atoms. The molecule has 5 nitrogen and oxygen atoms in total. The predicted molar refractivity (Wildman–Crippen MR) is 68.4 cm³/mol. The Balaban J connectivity index is 1.74. The minimum Gasteiger partial charge on any atom is -0.311 e.